The van der Waals surface area contributed by atoms with Crippen LogP contribution in [-0.4, -0.2) is 31.1 Å². The zero-order valence-corrected chi connectivity index (χ0v) is 16.0. The van der Waals surface area contributed by atoms with Crippen LogP contribution in [0.5, 0.6) is 0 Å². The molecule has 2 aromatic rings. The van der Waals surface area contributed by atoms with E-state index < -0.39 is 0 Å². The van der Waals surface area contributed by atoms with E-state index in [2.05, 4.69) is 53.5 Å². The monoisotopic (exact) mass is 366 g/mol. The van der Waals surface area contributed by atoms with Gasteiger partial charge in [-0.3, -0.25) is 4.90 Å². The minimum absolute atomic E-state index is 0. The molecule has 0 radical (unpaired) electrons. The lowest BCUT2D eigenvalue weighted by Crippen LogP contribution is -2.45. The van der Waals surface area contributed by atoms with Crippen molar-refractivity contribution in [1.82, 2.24) is 10.2 Å². The largest absolute Gasteiger partial charge is 0.314 e. The number of nitrogens with one attached hydrogen (secondary N) is 1. The van der Waals surface area contributed by atoms with Crippen LogP contribution < -0.4 is 5.32 Å². The highest BCUT2D eigenvalue weighted by Crippen LogP contribution is 2.42. The van der Waals surface area contributed by atoms with Crippen LogP contribution in [0.1, 0.15) is 36.4 Å². The maximum absolute atomic E-state index is 3.49. The van der Waals surface area contributed by atoms with Crippen molar-refractivity contribution in [2.75, 3.05) is 26.2 Å². The Morgan fingerprint density at radius 1 is 1.00 bits per heavy atom. The molecule has 1 saturated heterocycles. The quantitative estimate of drug-likeness (QED) is 0.840. The molecule has 24 heavy (non-hydrogen) atoms. The highest BCUT2D eigenvalue weighted by molar-refractivity contribution is 5.89. The third-order valence-corrected chi connectivity index (χ3v) is 5.38. The number of fused-ring (bicyclic) bond motifs is 1. The van der Waals surface area contributed by atoms with Crippen LogP contribution >= 0.6 is 24.8 Å². The van der Waals surface area contributed by atoms with E-state index in [1.54, 1.807) is 5.56 Å². The molecule has 2 aliphatic rings. The van der Waals surface area contributed by atoms with Gasteiger partial charge in [0.1, 0.15) is 0 Å². The van der Waals surface area contributed by atoms with Crippen molar-refractivity contribution < 1.29 is 0 Å². The molecule has 1 saturated carbocycles. The summed E-state index contributed by atoms with van der Waals surface area (Å²) in [6, 6.07) is 14.3. The fourth-order valence-corrected chi connectivity index (χ4v) is 3.90. The standard InChI is InChI=1S/C20H26N2.2ClH/c1-15-6-9-19(18-5-3-2-4-17(15)18)20(14-16-7-8-16)22-12-10-21-11-13-22;;/h2-6,9,16,20-21H,7-8,10-14H2,1H3;2*1H/t20-;;/m0../s1. The lowest BCUT2D eigenvalue weighted by Gasteiger charge is -2.36. The molecule has 2 nitrogen and oxygen atoms in total. The summed E-state index contributed by atoms with van der Waals surface area (Å²) in [5.74, 6) is 0.958. The number of halogens is 2. The molecular formula is C20H28Cl2N2. The Hall–Kier alpha value is -0.800. The Labute approximate surface area is 157 Å². The van der Waals surface area contributed by atoms with Crippen molar-refractivity contribution in [3.05, 3.63) is 47.5 Å². The number of rotatable bonds is 4. The molecule has 4 rings (SSSR count). The van der Waals surface area contributed by atoms with Crippen LogP contribution in [0.4, 0.5) is 0 Å². The summed E-state index contributed by atoms with van der Waals surface area (Å²) in [5, 5.41) is 6.39. The van der Waals surface area contributed by atoms with Gasteiger partial charge in [-0.25, -0.2) is 0 Å². The minimum atomic E-state index is 0. The molecule has 1 aliphatic carbocycles. The van der Waals surface area contributed by atoms with Gasteiger partial charge >= 0.3 is 0 Å². The molecule has 0 unspecified atom stereocenters. The molecule has 0 bridgehead atoms. The predicted molar refractivity (Wildman–Crippen MR) is 108 cm³/mol. The highest BCUT2D eigenvalue weighted by atomic mass is 35.5. The Morgan fingerprint density at radius 3 is 2.33 bits per heavy atom. The summed E-state index contributed by atoms with van der Waals surface area (Å²) in [4.78, 5) is 2.71. The molecule has 0 spiro atoms. The van der Waals surface area contributed by atoms with E-state index in [0.29, 0.717) is 6.04 Å². The topological polar surface area (TPSA) is 15.3 Å². The molecule has 132 valence electrons. The summed E-state index contributed by atoms with van der Waals surface area (Å²) in [6.07, 6.45) is 4.21. The summed E-state index contributed by atoms with van der Waals surface area (Å²) in [6.45, 7) is 6.85. The van der Waals surface area contributed by atoms with Crippen LogP contribution in [0.15, 0.2) is 36.4 Å². The van der Waals surface area contributed by atoms with Crippen molar-refractivity contribution in [3.63, 3.8) is 0 Å². The maximum atomic E-state index is 3.49. The van der Waals surface area contributed by atoms with E-state index in [1.807, 2.05) is 0 Å². The van der Waals surface area contributed by atoms with Gasteiger partial charge in [0.2, 0.25) is 0 Å². The van der Waals surface area contributed by atoms with E-state index in [0.717, 1.165) is 19.0 Å². The van der Waals surface area contributed by atoms with Crippen LogP contribution in [0.3, 0.4) is 0 Å². The van der Waals surface area contributed by atoms with Gasteiger partial charge in [-0.2, -0.15) is 0 Å². The fourth-order valence-electron chi connectivity index (χ4n) is 3.90. The van der Waals surface area contributed by atoms with E-state index in [4.69, 9.17) is 0 Å². The molecule has 1 atom stereocenters. The Balaban J connectivity index is 0.00000104. The first-order valence-corrected chi connectivity index (χ1v) is 8.76. The van der Waals surface area contributed by atoms with Gasteiger partial charge in [-0.15, -0.1) is 24.8 Å². The fraction of sp³-hybridized carbons (Fsp3) is 0.500. The van der Waals surface area contributed by atoms with Gasteiger partial charge in [0.05, 0.1) is 0 Å². The van der Waals surface area contributed by atoms with Crippen LogP contribution in [0, 0.1) is 12.8 Å². The van der Waals surface area contributed by atoms with Crippen molar-refractivity contribution >= 4 is 35.6 Å². The summed E-state index contributed by atoms with van der Waals surface area (Å²) >= 11 is 0. The van der Waals surface area contributed by atoms with Crippen molar-refractivity contribution in [1.29, 1.82) is 0 Å². The van der Waals surface area contributed by atoms with Gasteiger partial charge in [0, 0.05) is 32.2 Å². The third kappa shape index (κ3) is 4.05. The number of hydrogen-bond acceptors (Lipinski definition) is 2. The number of piperazine rings is 1. The van der Waals surface area contributed by atoms with Gasteiger partial charge in [-0.1, -0.05) is 49.2 Å². The number of nitrogens with zero attached hydrogens (tertiary/aromatic N) is 1. The molecule has 1 heterocycles. The van der Waals surface area contributed by atoms with Gasteiger partial charge in [-0.05, 0) is 41.2 Å². The first-order valence-electron chi connectivity index (χ1n) is 8.76. The summed E-state index contributed by atoms with van der Waals surface area (Å²) in [7, 11) is 0. The predicted octanol–water partition coefficient (Wildman–Crippen LogP) is 4.74. The smallest absolute Gasteiger partial charge is 0.0357 e. The van der Waals surface area contributed by atoms with E-state index in [-0.39, 0.29) is 24.8 Å². The SMILES string of the molecule is Cc1ccc([C@H](CC2CC2)N2CCNCC2)c2ccccc12.Cl.Cl. The van der Waals surface area contributed by atoms with E-state index >= 15 is 0 Å². The normalized spacial score (nSPS) is 19.4. The van der Waals surface area contributed by atoms with Crippen LogP contribution in [-0.2, 0) is 0 Å². The van der Waals surface area contributed by atoms with Crippen molar-refractivity contribution in [3.8, 4) is 0 Å². The second kappa shape index (κ2) is 8.53. The second-order valence-electron chi connectivity index (χ2n) is 7.00. The molecule has 1 aliphatic heterocycles. The van der Waals surface area contributed by atoms with Crippen molar-refractivity contribution in [2.45, 2.75) is 32.2 Å². The van der Waals surface area contributed by atoms with E-state index in [9.17, 15) is 0 Å². The van der Waals surface area contributed by atoms with Gasteiger partial charge < -0.3 is 5.32 Å². The van der Waals surface area contributed by atoms with Gasteiger partial charge in [0.25, 0.3) is 0 Å². The molecule has 1 N–H and O–H groups in total. The molecule has 4 heteroatoms. The average molecular weight is 367 g/mol. The zero-order valence-electron chi connectivity index (χ0n) is 14.3. The third-order valence-electron chi connectivity index (χ3n) is 5.38. The molecule has 0 aromatic heterocycles. The summed E-state index contributed by atoms with van der Waals surface area (Å²) in [5.41, 5.74) is 2.94. The van der Waals surface area contributed by atoms with Crippen molar-refractivity contribution in [2.24, 2.45) is 5.92 Å². The van der Waals surface area contributed by atoms with Gasteiger partial charge in [0.15, 0.2) is 0 Å². The Bertz CT molecular complexity index is 664. The lowest BCUT2D eigenvalue weighted by atomic mass is 9.92. The van der Waals surface area contributed by atoms with Crippen LogP contribution in [0.25, 0.3) is 10.8 Å². The number of aryl methyl sites for hydroxylation is 1. The molecule has 2 aromatic carbocycles. The highest BCUT2D eigenvalue weighted by Gasteiger charge is 2.31. The molecular weight excluding hydrogens is 339 g/mol. The second-order valence-corrected chi connectivity index (χ2v) is 7.00. The summed E-state index contributed by atoms with van der Waals surface area (Å²) < 4.78 is 0. The number of benzene rings is 2. The maximum Gasteiger partial charge on any atom is 0.0357 e. The van der Waals surface area contributed by atoms with Crippen LogP contribution in [0.2, 0.25) is 0 Å². The Kier molecular flexibility index (Phi) is 6.94. The first kappa shape index (κ1) is 19.5. The van der Waals surface area contributed by atoms with E-state index in [1.165, 1.54) is 48.7 Å². The molecule has 0 amide bonds. The molecule has 2 fully saturated rings. The first-order chi connectivity index (χ1) is 10.8. The lowest BCUT2D eigenvalue weighted by molar-refractivity contribution is 0.161. The average Bonchev–Trinajstić information content (AvgIpc) is 3.39. The number of hydrogen-bond donors (Lipinski definition) is 1. The zero-order chi connectivity index (χ0) is 14.9. The minimum Gasteiger partial charge on any atom is -0.314 e. The Morgan fingerprint density at radius 2 is 1.67 bits per heavy atom.